The highest BCUT2D eigenvalue weighted by atomic mass is 32.2. The van der Waals surface area contributed by atoms with Crippen molar-refractivity contribution >= 4 is 27.6 Å². The first kappa shape index (κ1) is 24.7. The molecule has 3 rings (SSSR count). The van der Waals surface area contributed by atoms with Gasteiger partial charge in [-0.1, -0.05) is 6.07 Å². The lowest BCUT2D eigenvalue weighted by molar-refractivity contribution is -0.116. The number of hydrogen-bond donors (Lipinski definition) is 1. The van der Waals surface area contributed by atoms with Crippen molar-refractivity contribution in [2.75, 3.05) is 32.1 Å². The third-order valence-electron chi connectivity index (χ3n) is 5.60. The number of hydrogen-bond acceptors (Lipinski definition) is 6. The highest BCUT2D eigenvalue weighted by molar-refractivity contribution is 7.89. The molecule has 1 N–H and O–H groups in total. The van der Waals surface area contributed by atoms with Crippen LogP contribution in [0.2, 0.25) is 0 Å². The first-order chi connectivity index (χ1) is 15.8. The quantitative estimate of drug-likeness (QED) is 0.558. The molecule has 1 fully saturated rings. The monoisotopic (exact) mass is 474 g/mol. The second-order valence-electron chi connectivity index (χ2n) is 7.88. The lowest BCUT2D eigenvalue weighted by Gasteiger charge is -2.17. The number of amides is 1. The molecule has 178 valence electrons. The van der Waals surface area contributed by atoms with E-state index in [1.165, 1.54) is 11.4 Å². The molecule has 1 heterocycles. The molecule has 0 saturated carbocycles. The van der Waals surface area contributed by atoms with Gasteiger partial charge in [-0.25, -0.2) is 13.2 Å². The van der Waals surface area contributed by atoms with Crippen LogP contribution in [0.3, 0.4) is 0 Å². The number of ether oxygens (including phenoxy) is 2. The van der Waals surface area contributed by atoms with Crippen molar-refractivity contribution < 1.29 is 27.5 Å². The highest BCUT2D eigenvalue weighted by Crippen LogP contribution is 2.27. The highest BCUT2D eigenvalue weighted by Gasteiger charge is 2.27. The topological polar surface area (TPSA) is 102 Å². The Bertz CT molecular complexity index is 1120. The Kier molecular flexibility index (Phi) is 8.10. The van der Waals surface area contributed by atoms with Crippen LogP contribution >= 0.6 is 0 Å². The van der Waals surface area contributed by atoms with E-state index >= 15 is 0 Å². The van der Waals surface area contributed by atoms with Crippen molar-refractivity contribution in [2.24, 2.45) is 0 Å². The number of carbonyl (C=O) groups excluding carboxylic acids is 2. The molecule has 1 aliphatic heterocycles. The van der Waals surface area contributed by atoms with E-state index in [4.69, 9.17) is 9.47 Å². The number of carbonyl (C=O) groups is 2. The molecule has 0 aliphatic carbocycles. The molecule has 2 aromatic rings. The van der Waals surface area contributed by atoms with Crippen molar-refractivity contribution in [1.29, 1.82) is 0 Å². The summed E-state index contributed by atoms with van der Waals surface area (Å²) >= 11 is 0. The van der Waals surface area contributed by atoms with Crippen molar-refractivity contribution in [2.45, 2.75) is 44.4 Å². The van der Waals surface area contributed by atoms with Crippen molar-refractivity contribution in [1.82, 2.24) is 4.31 Å². The zero-order valence-electron chi connectivity index (χ0n) is 19.2. The van der Waals surface area contributed by atoms with Gasteiger partial charge in [0.15, 0.2) is 0 Å². The van der Waals surface area contributed by atoms with Crippen molar-refractivity contribution in [3.05, 3.63) is 53.1 Å². The second kappa shape index (κ2) is 10.8. The first-order valence-electron chi connectivity index (χ1n) is 11.0. The van der Waals surface area contributed by atoms with Gasteiger partial charge in [0, 0.05) is 25.2 Å². The van der Waals surface area contributed by atoms with Crippen LogP contribution in [0, 0.1) is 6.92 Å². The van der Waals surface area contributed by atoms with E-state index in [-0.39, 0.29) is 23.8 Å². The zero-order chi connectivity index (χ0) is 24.0. The maximum Gasteiger partial charge on any atom is 0.338 e. The van der Waals surface area contributed by atoms with Crippen LogP contribution in [-0.4, -0.2) is 51.4 Å². The fraction of sp³-hybridized carbons (Fsp3) is 0.417. The van der Waals surface area contributed by atoms with Gasteiger partial charge in [0.2, 0.25) is 15.9 Å². The minimum atomic E-state index is -3.56. The van der Waals surface area contributed by atoms with Crippen LogP contribution in [0.15, 0.2) is 41.3 Å². The van der Waals surface area contributed by atoms with Crippen LogP contribution < -0.4 is 10.1 Å². The summed E-state index contributed by atoms with van der Waals surface area (Å²) in [6, 6.07) is 9.75. The summed E-state index contributed by atoms with van der Waals surface area (Å²) in [6.45, 7) is 4.88. The number of sulfonamides is 1. The Hall–Kier alpha value is -2.91. The summed E-state index contributed by atoms with van der Waals surface area (Å²) in [6.07, 6.45) is 2.14. The number of nitrogens with zero attached hydrogens (tertiary/aromatic N) is 1. The third kappa shape index (κ3) is 5.91. The molecule has 0 radical (unpaired) electrons. The predicted molar refractivity (Wildman–Crippen MR) is 125 cm³/mol. The van der Waals surface area contributed by atoms with Crippen molar-refractivity contribution in [3.8, 4) is 5.75 Å². The molecule has 0 spiro atoms. The van der Waals surface area contributed by atoms with Crippen LogP contribution in [0.4, 0.5) is 5.69 Å². The van der Waals surface area contributed by atoms with Gasteiger partial charge in [-0.05, 0) is 74.6 Å². The van der Waals surface area contributed by atoms with E-state index < -0.39 is 16.0 Å². The van der Waals surface area contributed by atoms with Gasteiger partial charge in [0.1, 0.15) is 5.75 Å². The van der Waals surface area contributed by atoms with Crippen molar-refractivity contribution in [3.63, 3.8) is 0 Å². The number of rotatable bonds is 9. The Labute approximate surface area is 194 Å². The van der Waals surface area contributed by atoms with Gasteiger partial charge in [-0.3, -0.25) is 4.79 Å². The molecule has 0 aromatic heterocycles. The largest absolute Gasteiger partial charge is 0.496 e. The molecular formula is C24H30N2O6S. The molecule has 0 unspecified atom stereocenters. The number of esters is 1. The van der Waals surface area contributed by atoms with E-state index in [0.717, 1.165) is 18.4 Å². The van der Waals surface area contributed by atoms with Gasteiger partial charge in [-0.2, -0.15) is 4.31 Å². The Balaban J connectivity index is 1.72. The summed E-state index contributed by atoms with van der Waals surface area (Å²) in [4.78, 5) is 24.8. The lowest BCUT2D eigenvalue weighted by atomic mass is 10.1. The molecule has 9 heteroatoms. The lowest BCUT2D eigenvalue weighted by Crippen LogP contribution is -2.28. The number of nitrogens with one attached hydrogen (secondary N) is 1. The van der Waals surface area contributed by atoms with E-state index in [2.05, 4.69) is 5.32 Å². The van der Waals surface area contributed by atoms with Gasteiger partial charge in [0.05, 0.1) is 24.2 Å². The Morgan fingerprint density at radius 1 is 1.09 bits per heavy atom. The fourth-order valence-electron chi connectivity index (χ4n) is 3.75. The SMILES string of the molecule is CCOC(=O)c1ccc(C)c(NC(=O)CCc2cc(S(=O)(=O)N3CCCC3)ccc2OC)c1. The fourth-order valence-corrected chi connectivity index (χ4v) is 5.32. The molecule has 1 aliphatic rings. The molecule has 0 atom stereocenters. The molecule has 0 bridgehead atoms. The summed E-state index contributed by atoms with van der Waals surface area (Å²) < 4.78 is 37.7. The zero-order valence-corrected chi connectivity index (χ0v) is 20.0. The normalized spacial score (nSPS) is 14.2. The maximum atomic E-state index is 12.9. The number of benzene rings is 2. The molecular weight excluding hydrogens is 444 g/mol. The van der Waals surface area contributed by atoms with Gasteiger partial charge < -0.3 is 14.8 Å². The smallest absolute Gasteiger partial charge is 0.338 e. The second-order valence-corrected chi connectivity index (χ2v) is 9.82. The van der Waals surface area contributed by atoms with Crippen LogP contribution in [-0.2, 0) is 26.0 Å². The Morgan fingerprint density at radius 2 is 1.82 bits per heavy atom. The number of aryl methyl sites for hydroxylation is 2. The minimum Gasteiger partial charge on any atom is -0.496 e. The Morgan fingerprint density at radius 3 is 2.48 bits per heavy atom. The van der Waals surface area contributed by atoms with E-state index in [9.17, 15) is 18.0 Å². The van der Waals surface area contributed by atoms with Gasteiger partial charge in [-0.15, -0.1) is 0 Å². The summed E-state index contributed by atoms with van der Waals surface area (Å²) in [5.74, 6) is -0.175. The third-order valence-corrected chi connectivity index (χ3v) is 7.49. The number of anilines is 1. The standard InChI is InChI=1S/C24H30N2O6S/c1-4-32-24(28)19-8-7-17(2)21(16-19)25-23(27)12-9-18-15-20(10-11-22(18)31-3)33(29,30)26-13-5-6-14-26/h7-8,10-11,15-16H,4-6,9,12-14H2,1-3H3,(H,25,27). The average Bonchev–Trinajstić information content (AvgIpc) is 3.35. The van der Waals surface area contributed by atoms with Gasteiger partial charge >= 0.3 is 5.97 Å². The predicted octanol–water partition coefficient (Wildman–Crippen LogP) is 3.54. The summed E-state index contributed by atoms with van der Waals surface area (Å²) in [5.41, 5.74) is 2.35. The minimum absolute atomic E-state index is 0.118. The molecule has 2 aromatic carbocycles. The molecule has 1 amide bonds. The number of methoxy groups -OCH3 is 1. The van der Waals surface area contributed by atoms with Gasteiger partial charge in [0.25, 0.3) is 0 Å². The summed E-state index contributed by atoms with van der Waals surface area (Å²) in [5, 5.41) is 2.83. The van der Waals surface area contributed by atoms with E-state index in [0.29, 0.717) is 42.1 Å². The molecule has 33 heavy (non-hydrogen) atoms. The van der Waals surface area contributed by atoms with Crippen LogP contribution in [0.5, 0.6) is 5.75 Å². The van der Waals surface area contributed by atoms with E-state index in [1.807, 2.05) is 6.92 Å². The van der Waals surface area contributed by atoms with Crippen LogP contribution in [0.1, 0.15) is 47.7 Å². The average molecular weight is 475 g/mol. The molecule has 8 nitrogen and oxygen atoms in total. The van der Waals surface area contributed by atoms with E-state index in [1.54, 1.807) is 43.3 Å². The first-order valence-corrected chi connectivity index (χ1v) is 12.4. The van der Waals surface area contributed by atoms with Crippen LogP contribution in [0.25, 0.3) is 0 Å². The summed E-state index contributed by atoms with van der Waals surface area (Å²) in [7, 11) is -2.05. The maximum absolute atomic E-state index is 12.9. The molecule has 1 saturated heterocycles.